The largest absolute Gasteiger partial charge is 0.344 e. The van der Waals surface area contributed by atoms with Crippen LogP contribution in [0.25, 0.3) is 11.4 Å². The summed E-state index contributed by atoms with van der Waals surface area (Å²) in [6.45, 7) is 0. The second-order valence-corrected chi connectivity index (χ2v) is 6.93. The standard InChI is InChI=1S/C20H18ClN3O2/c21-16-8-4-7-15(12-16)18-23-20(26-24-18)17(22-19(25)14-9-10-14)11-13-5-2-1-3-6-13/h1-8,12,14,17H,9-11H2,(H,22,25). The predicted octanol–water partition coefficient (Wildman–Crippen LogP) is 4.20. The number of rotatable bonds is 6. The number of nitrogens with zero attached hydrogens (tertiary/aromatic N) is 2. The number of carbonyl (C=O) groups excluding carboxylic acids is 1. The van der Waals surface area contributed by atoms with E-state index in [-0.39, 0.29) is 17.9 Å². The monoisotopic (exact) mass is 367 g/mol. The Kier molecular flexibility index (Phi) is 4.71. The summed E-state index contributed by atoms with van der Waals surface area (Å²) in [7, 11) is 0. The van der Waals surface area contributed by atoms with Crippen molar-refractivity contribution >= 4 is 17.5 Å². The topological polar surface area (TPSA) is 68.0 Å². The lowest BCUT2D eigenvalue weighted by Crippen LogP contribution is -2.31. The molecule has 26 heavy (non-hydrogen) atoms. The third-order valence-corrected chi connectivity index (χ3v) is 4.61. The summed E-state index contributed by atoms with van der Waals surface area (Å²) in [5, 5.41) is 7.73. The van der Waals surface area contributed by atoms with Crippen LogP contribution < -0.4 is 5.32 Å². The summed E-state index contributed by atoms with van der Waals surface area (Å²) in [5.41, 5.74) is 1.87. The molecule has 3 aromatic rings. The molecule has 1 aliphatic rings. The molecule has 0 bridgehead atoms. The van der Waals surface area contributed by atoms with Crippen LogP contribution in [0.2, 0.25) is 5.02 Å². The Hall–Kier alpha value is -2.66. The minimum atomic E-state index is -0.356. The van der Waals surface area contributed by atoms with Gasteiger partial charge in [0.2, 0.25) is 17.6 Å². The minimum absolute atomic E-state index is 0.0495. The van der Waals surface area contributed by atoms with E-state index in [1.807, 2.05) is 42.5 Å². The van der Waals surface area contributed by atoms with E-state index in [9.17, 15) is 4.79 Å². The van der Waals surface area contributed by atoms with Crippen molar-refractivity contribution in [1.29, 1.82) is 0 Å². The van der Waals surface area contributed by atoms with E-state index in [1.165, 1.54) is 0 Å². The van der Waals surface area contributed by atoms with Crippen molar-refractivity contribution < 1.29 is 9.32 Å². The molecule has 1 heterocycles. The summed E-state index contributed by atoms with van der Waals surface area (Å²) in [6.07, 6.45) is 2.49. The number of carbonyl (C=O) groups is 1. The molecule has 1 aromatic heterocycles. The molecule has 2 aromatic carbocycles. The lowest BCUT2D eigenvalue weighted by molar-refractivity contribution is -0.123. The number of nitrogens with one attached hydrogen (secondary N) is 1. The van der Waals surface area contributed by atoms with Crippen molar-refractivity contribution in [2.24, 2.45) is 5.92 Å². The molecule has 1 aliphatic carbocycles. The predicted molar refractivity (Wildman–Crippen MR) is 98.5 cm³/mol. The van der Waals surface area contributed by atoms with Crippen molar-refractivity contribution in [3.63, 3.8) is 0 Å². The van der Waals surface area contributed by atoms with Gasteiger partial charge >= 0.3 is 0 Å². The first kappa shape index (κ1) is 16.8. The van der Waals surface area contributed by atoms with Crippen LogP contribution in [0.5, 0.6) is 0 Å². The van der Waals surface area contributed by atoms with E-state index >= 15 is 0 Å². The van der Waals surface area contributed by atoms with Gasteiger partial charge in [0.1, 0.15) is 6.04 Å². The van der Waals surface area contributed by atoms with E-state index in [1.54, 1.807) is 12.1 Å². The minimum Gasteiger partial charge on any atom is -0.344 e. The molecule has 1 fully saturated rings. The van der Waals surface area contributed by atoms with Crippen LogP contribution in [0.1, 0.15) is 30.3 Å². The van der Waals surface area contributed by atoms with Crippen molar-refractivity contribution in [2.75, 3.05) is 0 Å². The maximum Gasteiger partial charge on any atom is 0.249 e. The number of hydrogen-bond acceptors (Lipinski definition) is 4. The summed E-state index contributed by atoms with van der Waals surface area (Å²) in [6, 6.07) is 16.9. The average molecular weight is 368 g/mol. The van der Waals surface area contributed by atoms with Gasteiger partial charge in [-0.15, -0.1) is 0 Å². The summed E-state index contributed by atoms with van der Waals surface area (Å²) >= 11 is 6.04. The highest BCUT2D eigenvalue weighted by atomic mass is 35.5. The van der Waals surface area contributed by atoms with Crippen LogP contribution in [0.15, 0.2) is 59.1 Å². The third kappa shape index (κ3) is 3.94. The number of benzene rings is 2. The molecule has 1 N–H and O–H groups in total. The fraction of sp³-hybridized carbons (Fsp3) is 0.250. The van der Waals surface area contributed by atoms with Gasteiger partial charge < -0.3 is 9.84 Å². The first-order valence-corrected chi connectivity index (χ1v) is 9.00. The molecule has 1 unspecified atom stereocenters. The van der Waals surface area contributed by atoms with Gasteiger partial charge in [-0.25, -0.2) is 0 Å². The molecular formula is C20H18ClN3O2. The van der Waals surface area contributed by atoms with Gasteiger partial charge in [-0.2, -0.15) is 4.98 Å². The zero-order valence-corrected chi connectivity index (χ0v) is 14.8. The maximum atomic E-state index is 12.3. The number of hydrogen-bond donors (Lipinski definition) is 1. The van der Waals surface area contributed by atoms with Crippen LogP contribution in [-0.2, 0) is 11.2 Å². The van der Waals surface area contributed by atoms with Gasteiger partial charge in [-0.1, -0.05) is 59.2 Å². The van der Waals surface area contributed by atoms with E-state index in [2.05, 4.69) is 15.5 Å². The van der Waals surface area contributed by atoms with Gasteiger partial charge in [0.25, 0.3) is 0 Å². The fourth-order valence-corrected chi connectivity index (χ4v) is 3.00. The van der Waals surface area contributed by atoms with Gasteiger partial charge in [-0.05, 0) is 30.5 Å². The maximum absolute atomic E-state index is 12.3. The second kappa shape index (κ2) is 7.30. The molecule has 1 amide bonds. The molecular weight excluding hydrogens is 350 g/mol. The Morgan fingerprint density at radius 2 is 2.00 bits per heavy atom. The second-order valence-electron chi connectivity index (χ2n) is 6.49. The Morgan fingerprint density at radius 3 is 2.73 bits per heavy atom. The lowest BCUT2D eigenvalue weighted by Gasteiger charge is -2.15. The van der Waals surface area contributed by atoms with Crippen LogP contribution in [0.3, 0.4) is 0 Å². The first-order valence-electron chi connectivity index (χ1n) is 8.63. The number of amides is 1. The Labute approximate surface area is 156 Å². The highest BCUT2D eigenvalue weighted by Crippen LogP contribution is 2.30. The quantitative estimate of drug-likeness (QED) is 0.709. The van der Waals surface area contributed by atoms with Crippen LogP contribution in [0, 0.1) is 5.92 Å². The Morgan fingerprint density at radius 1 is 1.19 bits per heavy atom. The van der Waals surface area contributed by atoms with Gasteiger partial charge in [0.05, 0.1) is 0 Å². The fourth-order valence-electron chi connectivity index (χ4n) is 2.81. The van der Waals surface area contributed by atoms with Gasteiger partial charge in [-0.3, -0.25) is 4.79 Å². The molecule has 1 saturated carbocycles. The van der Waals surface area contributed by atoms with Gasteiger partial charge in [0.15, 0.2) is 0 Å². The molecule has 0 aliphatic heterocycles. The van der Waals surface area contributed by atoms with Crippen molar-refractivity contribution in [3.05, 3.63) is 71.1 Å². The van der Waals surface area contributed by atoms with Crippen LogP contribution >= 0.6 is 11.6 Å². The van der Waals surface area contributed by atoms with Crippen molar-refractivity contribution in [3.8, 4) is 11.4 Å². The van der Waals surface area contributed by atoms with E-state index in [0.29, 0.717) is 23.2 Å². The Balaban J connectivity index is 1.59. The zero-order valence-electron chi connectivity index (χ0n) is 14.1. The van der Waals surface area contributed by atoms with Crippen molar-refractivity contribution in [2.45, 2.75) is 25.3 Å². The molecule has 4 rings (SSSR count). The summed E-state index contributed by atoms with van der Waals surface area (Å²) < 4.78 is 5.48. The average Bonchev–Trinajstić information content (AvgIpc) is 3.39. The Bertz CT molecular complexity index is 906. The highest BCUT2D eigenvalue weighted by molar-refractivity contribution is 6.30. The SMILES string of the molecule is O=C(NC(Cc1ccccc1)c1nc(-c2cccc(Cl)c2)no1)C1CC1. The van der Waals surface area contributed by atoms with Crippen LogP contribution in [-0.4, -0.2) is 16.0 Å². The molecule has 1 atom stereocenters. The smallest absolute Gasteiger partial charge is 0.249 e. The third-order valence-electron chi connectivity index (χ3n) is 4.37. The molecule has 6 heteroatoms. The van der Waals surface area contributed by atoms with Gasteiger partial charge in [0, 0.05) is 22.9 Å². The molecule has 0 radical (unpaired) electrons. The highest BCUT2D eigenvalue weighted by Gasteiger charge is 2.32. The zero-order chi connectivity index (χ0) is 17.9. The van der Waals surface area contributed by atoms with E-state index < -0.39 is 0 Å². The van der Waals surface area contributed by atoms with E-state index in [0.717, 1.165) is 24.0 Å². The van der Waals surface area contributed by atoms with E-state index in [4.69, 9.17) is 16.1 Å². The molecule has 5 nitrogen and oxygen atoms in total. The van der Waals surface area contributed by atoms with Crippen LogP contribution in [0.4, 0.5) is 0 Å². The molecule has 0 saturated heterocycles. The number of aromatic nitrogens is 2. The normalized spacial score (nSPS) is 14.8. The van der Waals surface area contributed by atoms with Crippen molar-refractivity contribution in [1.82, 2.24) is 15.5 Å². The summed E-state index contributed by atoms with van der Waals surface area (Å²) in [4.78, 5) is 16.8. The molecule has 0 spiro atoms. The first-order chi connectivity index (χ1) is 12.7. The summed E-state index contributed by atoms with van der Waals surface area (Å²) in [5.74, 6) is 1.02. The number of halogens is 1. The molecule has 132 valence electrons. The lowest BCUT2D eigenvalue weighted by atomic mass is 10.1.